The van der Waals surface area contributed by atoms with Crippen molar-refractivity contribution in [1.29, 1.82) is 0 Å². The molecule has 0 radical (unpaired) electrons. The third-order valence-corrected chi connectivity index (χ3v) is 4.75. The van der Waals surface area contributed by atoms with Gasteiger partial charge < -0.3 is 20.7 Å². The first-order valence-electron chi connectivity index (χ1n) is 12.6. The van der Waals surface area contributed by atoms with Crippen molar-refractivity contribution in [3.8, 4) is 83.4 Å². The summed E-state index contributed by atoms with van der Waals surface area (Å²) in [5, 5.41) is 9.36. The van der Waals surface area contributed by atoms with Crippen LogP contribution < -0.4 is 6.15 Å². The van der Waals surface area contributed by atoms with Gasteiger partial charge in [0, 0.05) is 30.9 Å². The maximum atomic E-state index is 12.0. The number of esters is 2. The summed E-state index contributed by atoms with van der Waals surface area (Å²) in [6, 6.07) is 0. The molecule has 0 saturated carbocycles. The van der Waals surface area contributed by atoms with E-state index in [0.29, 0.717) is 0 Å². The highest BCUT2D eigenvalue weighted by molar-refractivity contribution is 5.89. The minimum Gasteiger partial charge on any atom is -0.456 e. The van der Waals surface area contributed by atoms with Gasteiger partial charge in [-0.15, -0.1) is 6.42 Å². The number of rotatable bonds is 16. The zero-order valence-corrected chi connectivity index (χ0v) is 22.3. The molecule has 0 aromatic heterocycles. The van der Waals surface area contributed by atoms with Gasteiger partial charge >= 0.3 is 11.9 Å². The average Bonchev–Trinajstić information content (AvgIpc) is 2.90. The van der Waals surface area contributed by atoms with E-state index in [1.807, 2.05) is 0 Å². The Bertz CT molecular complexity index is 1150. The van der Waals surface area contributed by atoms with Gasteiger partial charge in [0.25, 0.3) is 0 Å². The lowest BCUT2D eigenvalue weighted by Crippen LogP contribution is -2.28. The highest BCUT2D eigenvalue weighted by Crippen LogP contribution is 2.12. The van der Waals surface area contributed by atoms with Gasteiger partial charge in [0.1, 0.15) is 6.61 Å². The van der Waals surface area contributed by atoms with Crippen LogP contribution in [0.1, 0.15) is 103 Å². The van der Waals surface area contributed by atoms with Crippen LogP contribution in [-0.4, -0.2) is 36.4 Å². The number of carbonyl (C=O) groups is 2. The van der Waals surface area contributed by atoms with Gasteiger partial charge in [-0.25, -0.2) is 4.79 Å². The second-order valence-corrected chi connectivity index (χ2v) is 7.82. The molecule has 6 nitrogen and oxygen atoms in total. The molecule has 0 spiro atoms. The Morgan fingerprint density at radius 3 is 1.66 bits per heavy atom. The van der Waals surface area contributed by atoms with Crippen LogP contribution in [0.5, 0.6) is 0 Å². The lowest BCUT2D eigenvalue weighted by molar-refractivity contribution is -0.159. The van der Waals surface area contributed by atoms with Crippen LogP contribution in [0.4, 0.5) is 0 Å². The van der Waals surface area contributed by atoms with E-state index in [2.05, 4.69) is 83.9 Å². The molecule has 0 unspecified atom stereocenters. The molecular weight excluding hydrogens is 478 g/mol. The van der Waals surface area contributed by atoms with Crippen molar-refractivity contribution in [2.24, 2.45) is 0 Å². The molecule has 226 valence electrons. The molecule has 0 aliphatic heterocycles. The number of aliphatic hydroxyl groups excluding tert-OH is 1. The predicted octanol–water partition coefficient (Wildman–Crippen LogP) is 7.15. The number of hydrogen-bond acceptors (Lipinski definition) is 6. The Morgan fingerprint density at radius 1 is 0.737 bits per heavy atom. The molecule has 0 rings (SSSR count). The minimum atomic E-state index is -0.929. The van der Waals surface area contributed by atoms with Crippen LogP contribution >= 0.6 is 0 Å². The quantitative estimate of drug-likeness (QED) is 0.0930. The lowest BCUT2D eigenvalue weighted by atomic mass is 10.1. The van der Waals surface area contributed by atoms with E-state index in [1.54, 1.807) is 0 Å². The van der Waals surface area contributed by atoms with E-state index in [1.165, 1.54) is 51.4 Å². The summed E-state index contributed by atoms with van der Waals surface area (Å²) < 4.78 is 10.1. The molecule has 6 heteroatoms. The summed E-state index contributed by atoms with van der Waals surface area (Å²) in [4.78, 5) is 23.6. The molecule has 0 amide bonds. The van der Waals surface area contributed by atoms with Crippen LogP contribution in [0.25, 0.3) is 0 Å². The zero-order chi connectivity index (χ0) is 27.2. The SMILES string of the molecule is C#CC#CC#CC#CC#CC#CC#CC(=O)OC[C@H](CO)OC(=O)CCCCCCCCCCCCC.N.[HH].[HH].[HH].[HH].[HH].[HH].[HH].[HH].[HH].[HH].[HH].[HH].[HH]. The summed E-state index contributed by atoms with van der Waals surface area (Å²) in [5.41, 5.74) is 0. The molecule has 1 atom stereocenters. The lowest BCUT2D eigenvalue weighted by Gasteiger charge is -2.14. The topological polar surface area (TPSA) is 108 Å². The summed E-state index contributed by atoms with van der Waals surface area (Å²) in [6.07, 6.45) is 17.4. The van der Waals surface area contributed by atoms with E-state index in [-0.39, 0.29) is 37.7 Å². The molecule has 0 fully saturated rings. The third-order valence-electron chi connectivity index (χ3n) is 4.75. The van der Waals surface area contributed by atoms with Crippen LogP contribution in [0.15, 0.2) is 0 Å². The Balaban J connectivity index is -0.0000000712. The fraction of sp³-hybridized carbons (Fsp3) is 0.500. The Labute approximate surface area is 248 Å². The summed E-state index contributed by atoms with van der Waals surface area (Å²) in [5.74, 6) is 29.3. The van der Waals surface area contributed by atoms with Gasteiger partial charge in [-0.2, -0.15) is 0 Å². The molecule has 4 N–H and O–H groups in total. The van der Waals surface area contributed by atoms with Crippen molar-refractivity contribution < 1.29 is 42.7 Å². The van der Waals surface area contributed by atoms with E-state index >= 15 is 0 Å². The van der Waals surface area contributed by atoms with Crippen molar-refractivity contribution in [1.82, 2.24) is 6.15 Å². The number of ether oxygens (including phenoxy) is 2. The number of unbranched alkanes of at least 4 members (excludes halogenated alkanes) is 10. The van der Waals surface area contributed by atoms with Gasteiger partial charge in [-0.3, -0.25) is 4.79 Å². The minimum absolute atomic E-state index is 0. The maximum absolute atomic E-state index is 12.0. The molecule has 0 bridgehead atoms. The summed E-state index contributed by atoms with van der Waals surface area (Å²) >= 11 is 0. The standard InChI is InChI=1S/C32H34O5.H3N.13H2/c1-3-5-7-9-11-13-15-17-18-20-22-24-26-31(34)36-29-30(28-33)37-32(35)27-25-23-21-19-16-14-12-10-8-6-4-2;;;;;;;;;;;;;;/h1,30,33H,4,6,8,10,12,14,16,19,21,23,25,27-29H2,2H3;1H3;13*1H/t30-;;;;;;;;;;;;;;/m0............../s1. The van der Waals surface area contributed by atoms with Crippen molar-refractivity contribution in [3.63, 3.8) is 0 Å². The molecule has 0 aliphatic rings. The van der Waals surface area contributed by atoms with Gasteiger partial charge in [-0.05, 0) is 77.5 Å². The van der Waals surface area contributed by atoms with Crippen molar-refractivity contribution in [2.75, 3.05) is 13.2 Å². The number of hydrogen-bond donors (Lipinski definition) is 2. The highest BCUT2D eigenvalue weighted by atomic mass is 16.6. The molecule has 38 heavy (non-hydrogen) atoms. The average molecular weight is 542 g/mol. The zero-order valence-electron chi connectivity index (χ0n) is 22.3. The smallest absolute Gasteiger partial charge is 0.385 e. The van der Waals surface area contributed by atoms with E-state index < -0.39 is 24.6 Å². The van der Waals surface area contributed by atoms with Crippen molar-refractivity contribution in [2.45, 2.75) is 90.1 Å². The van der Waals surface area contributed by atoms with Gasteiger partial charge in [0.15, 0.2) is 6.10 Å². The number of carbonyl (C=O) groups excluding carboxylic acids is 2. The third kappa shape index (κ3) is 26.4. The maximum Gasteiger partial charge on any atom is 0.385 e. The normalized spacial score (nSPS) is 8.87. The fourth-order valence-corrected chi connectivity index (χ4v) is 2.91. The Kier molecular flexibility index (Phi) is 27.4. The van der Waals surface area contributed by atoms with E-state index in [9.17, 15) is 14.7 Å². The van der Waals surface area contributed by atoms with Crippen LogP contribution in [0.2, 0.25) is 0 Å². The molecule has 0 aromatic carbocycles. The van der Waals surface area contributed by atoms with Gasteiger partial charge in [0.2, 0.25) is 0 Å². The van der Waals surface area contributed by atoms with Crippen molar-refractivity contribution >= 4 is 11.9 Å². The Hall–Kier alpha value is -4.22. The second kappa shape index (κ2) is 29.0. The fourth-order valence-electron chi connectivity index (χ4n) is 2.91. The first-order chi connectivity index (χ1) is 18.1. The summed E-state index contributed by atoms with van der Waals surface area (Å²) in [7, 11) is 0. The van der Waals surface area contributed by atoms with Crippen LogP contribution in [0, 0.1) is 83.4 Å². The highest BCUT2D eigenvalue weighted by Gasteiger charge is 2.15. The van der Waals surface area contributed by atoms with Gasteiger partial charge in [0.05, 0.1) is 6.61 Å². The van der Waals surface area contributed by atoms with Crippen LogP contribution in [0.3, 0.4) is 0 Å². The Morgan fingerprint density at radius 2 is 1.18 bits per heavy atom. The first kappa shape index (κ1) is 35.9. The molecular formula is C32H63NO5. The molecule has 0 aliphatic carbocycles. The van der Waals surface area contributed by atoms with Crippen molar-refractivity contribution in [3.05, 3.63) is 0 Å². The monoisotopic (exact) mass is 541 g/mol. The number of aliphatic hydroxyl groups is 1. The number of terminal acetylenes is 1. The molecule has 0 heterocycles. The second-order valence-electron chi connectivity index (χ2n) is 7.82. The largest absolute Gasteiger partial charge is 0.456 e. The first-order valence-corrected chi connectivity index (χ1v) is 12.6. The van der Waals surface area contributed by atoms with Gasteiger partial charge in [-0.1, -0.05) is 71.1 Å². The summed E-state index contributed by atoms with van der Waals surface area (Å²) in [6.45, 7) is 1.48. The molecule has 0 saturated heterocycles. The van der Waals surface area contributed by atoms with Crippen LogP contribution in [-0.2, 0) is 19.1 Å². The van der Waals surface area contributed by atoms with E-state index in [4.69, 9.17) is 15.9 Å². The predicted molar refractivity (Wildman–Crippen MR) is 177 cm³/mol. The molecule has 0 aromatic rings. The van der Waals surface area contributed by atoms with E-state index in [0.717, 1.165) is 19.3 Å².